The maximum atomic E-state index is 10.9. The van der Waals surface area contributed by atoms with Gasteiger partial charge in [-0.05, 0) is 69.0 Å². The molecular weight excluding hydrogens is 306 g/mol. The fraction of sp³-hybridized carbons (Fsp3) is 0.889. The summed E-state index contributed by atoms with van der Waals surface area (Å²) in [6.07, 6.45) is 11.1. The Labute approximate surface area is 143 Å². The average molecular weight is 336 g/mol. The quantitative estimate of drug-likeness (QED) is 0.868. The molecular formula is C18H29N3OS. The average Bonchev–Trinajstić information content (AvgIpc) is 2.83. The van der Waals surface area contributed by atoms with E-state index >= 15 is 0 Å². The van der Waals surface area contributed by atoms with Crippen molar-refractivity contribution in [3.8, 4) is 0 Å². The summed E-state index contributed by atoms with van der Waals surface area (Å²) in [6.45, 7) is 3.05. The summed E-state index contributed by atoms with van der Waals surface area (Å²) in [5, 5.41) is 15.7. The topological polar surface area (TPSA) is 50.9 Å². The van der Waals surface area contributed by atoms with Gasteiger partial charge >= 0.3 is 0 Å². The minimum absolute atomic E-state index is 0.287. The van der Waals surface area contributed by atoms with Crippen molar-refractivity contribution in [2.75, 3.05) is 12.0 Å². The third-order valence-electron chi connectivity index (χ3n) is 6.31. The van der Waals surface area contributed by atoms with Crippen LogP contribution in [0.4, 0.5) is 0 Å². The van der Waals surface area contributed by atoms with Gasteiger partial charge in [-0.1, -0.05) is 0 Å². The van der Waals surface area contributed by atoms with Crippen molar-refractivity contribution in [2.45, 2.75) is 70.4 Å². The second kappa shape index (κ2) is 5.76. The first-order valence-electron chi connectivity index (χ1n) is 9.17. The van der Waals surface area contributed by atoms with Crippen LogP contribution in [0.2, 0.25) is 0 Å². The number of aliphatic hydroxyl groups is 1. The van der Waals surface area contributed by atoms with Crippen molar-refractivity contribution in [2.24, 2.45) is 17.3 Å². The van der Waals surface area contributed by atoms with Crippen LogP contribution in [0.5, 0.6) is 0 Å². The van der Waals surface area contributed by atoms with Gasteiger partial charge < -0.3 is 5.11 Å². The van der Waals surface area contributed by atoms with Gasteiger partial charge in [0.1, 0.15) is 5.82 Å². The van der Waals surface area contributed by atoms with Crippen molar-refractivity contribution in [3.63, 3.8) is 0 Å². The summed E-state index contributed by atoms with van der Waals surface area (Å²) in [7, 11) is 0. The first kappa shape index (κ1) is 15.9. The van der Waals surface area contributed by atoms with Crippen molar-refractivity contribution in [3.05, 3.63) is 11.6 Å². The molecule has 0 saturated heterocycles. The molecule has 0 aromatic carbocycles. The first-order chi connectivity index (χ1) is 11.0. The Morgan fingerprint density at radius 3 is 2.61 bits per heavy atom. The second-order valence-electron chi connectivity index (χ2n) is 8.36. The summed E-state index contributed by atoms with van der Waals surface area (Å²) in [5.74, 6) is 4.74. The summed E-state index contributed by atoms with van der Waals surface area (Å²) in [4.78, 5) is 4.87. The molecule has 1 N–H and O–H groups in total. The lowest BCUT2D eigenvalue weighted by molar-refractivity contribution is -0.163. The van der Waals surface area contributed by atoms with E-state index in [0.717, 1.165) is 67.9 Å². The van der Waals surface area contributed by atoms with Gasteiger partial charge in [-0.25, -0.2) is 4.98 Å². The van der Waals surface area contributed by atoms with E-state index < -0.39 is 0 Å². The zero-order valence-electron chi connectivity index (χ0n) is 14.4. The number of nitrogens with zero attached hydrogens (tertiary/aromatic N) is 3. The number of hydrogen-bond donors (Lipinski definition) is 1. The summed E-state index contributed by atoms with van der Waals surface area (Å²) in [6, 6.07) is 0. The zero-order valence-corrected chi connectivity index (χ0v) is 15.2. The van der Waals surface area contributed by atoms with E-state index in [9.17, 15) is 5.11 Å². The molecule has 23 heavy (non-hydrogen) atoms. The number of aryl methyl sites for hydroxylation is 2. The molecule has 4 fully saturated rings. The minimum Gasteiger partial charge on any atom is -0.390 e. The molecule has 1 aromatic heterocycles. The summed E-state index contributed by atoms with van der Waals surface area (Å²) in [5.41, 5.74) is -0.0849. The van der Waals surface area contributed by atoms with E-state index in [-0.39, 0.29) is 11.0 Å². The smallest absolute Gasteiger partial charge is 0.151 e. The molecule has 5 heteroatoms. The zero-order chi connectivity index (χ0) is 16.1. The Morgan fingerprint density at radius 1 is 1.26 bits per heavy atom. The van der Waals surface area contributed by atoms with Crippen LogP contribution >= 0.6 is 11.8 Å². The standard InChI is InChI=1S/C18H29N3OS/c1-3-21-16(19-15(20-21)4-5-23-2)11-17-7-13-6-14(8-17)10-18(22,9-13)12-17/h13-14,22H,3-12H2,1-2H3/t13-,14-,17?,18?/m0/s1. The number of thioether (sulfide) groups is 1. The van der Waals surface area contributed by atoms with Gasteiger partial charge in [0, 0.05) is 25.1 Å². The van der Waals surface area contributed by atoms with E-state index in [1.165, 1.54) is 19.3 Å². The first-order valence-corrected chi connectivity index (χ1v) is 10.6. The molecule has 0 aliphatic heterocycles. The van der Waals surface area contributed by atoms with Gasteiger partial charge in [0.05, 0.1) is 5.60 Å². The fourth-order valence-electron chi connectivity index (χ4n) is 6.05. The second-order valence-corrected chi connectivity index (χ2v) is 9.35. The molecule has 4 bridgehead atoms. The highest BCUT2D eigenvalue weighted by molar-refractivity contribution is 7.98. The van der Waals surface area contributed by atoms with Gasteiger partial charge in [-0.3, -0.25) is 4.68 Å². The molecule has 4 saturated carbocycles. The van der Waals surface area contributed by atoms with Crippen molar-refractivity contribution in [1.29, 1.82) is 0 Å². The van der Waals surface area contributed by atoms with Crippen LogP contribution in [0.1, 0.15) is 57.1 Å². The third-order valence-corrected chi connectivity index (χ3v) is 6.92. The molecule has 4 aliphatic rings. The van der Waals surface area contributed by atoms with Crippen molar-refractivity contribution in [1.82, 2.24) is 14.8 Å². The molecule has 0 unspecified atom stereocenters. The van der Waals surface area contributed by atoms with E-state index in [2.05, 4.69) is 17.9 Å². The number of rotatable bonds is 6. The molecule has 4 aliphatic carbocycles. The SMILES string of the molecule is CCn1nc(CCSC)nc1CC12C[C@@H]3C[C@H](CC(O)(C3)C1)C2. The van der Waals surface area contributed by atoms with Crippen molar-refractivity contribution >= 4 is 11.8 Å². The van der Waals surface area contributed by atoms with Crippen LogP contribution in [0.3, 0.4) is 0 Å². The van der Waals surface area contributed by atoms with Gasteiger partial charge in [-0.15, -0.1) is 0 Å². The van der Waals surface area contributed by atoms with Crippen LogP contribution < -0.4 is 0 Å². The monoisotopic (exact) mass is 335 g/mol. The summed E-state index contributed by atoms with van der Waals surface area (Å²) < 4.78 is 2.11. The van der Waals surface area contributed by atoms with Gasteiger partial charge in [0.25, 0.3) is 0 Å². The summed E-state index contributed by atoms with van der Waals surface area (Å²) >= 11 is 1.85. The van der Waals surface area contributed by atoms with Crippen LogP contribution in [-0.4, -0.2) is 37.5 Å². The lowest BCUT2D eigenvalue weighted by atomic mass is 9.47. The molecule has 2 atom stereocenters. The van der Waals surface area contributed by atoms with E-state index in [1.807, 2.05) is 11.8 Å². The minimum atomic E-state index is -0.372. The molecule has 1 heterocycles. The highest BCUT2D eigenvalue weighted by Gasteiger charge is 2.57. The van der Waals surface area contributed by atoms with E-state index in [1.54, 1.807) is 0 Å². The Bertz CT molecular complexity index is 571. The van der Waals surface area contributed by atoms with E-state index in [4.69, 9.17) is 10.1 Å². The third kappa shape index (κ3) is 2.95. The van der Waals surface area contributed by atoms with Crippen LogP contribution in [0, 0.1) is 17.3 Å². The highest BCUT2D eigenvalue weighted by atomic mass is 32.2. The molecule has 1 aromatic rings. The predicted octanol–water partition coefficient (Wildman–Crippen LogP) is 3.08. The number of hydrogen-bond acceptors (Lipinski definition) is 4. The Hall–Kier alpha value is -0.550. The van der Waals surface area contributed by atoms with Crippen LogP contribution in [0.25, 0.3) is 0 Å². The maximum absolute atomic E-state index is 10.9. The number of aromatic nitrogens is 3. The molecule has 0 radical (unpaired) electrons. The molecule has 0 amide bonds. The van der Waals surface area contributed by atoms with Gasteiger partial charge in [0.15, 0.2) is 5.82 Å². The van der Waals surface area contributed by atoms with Crippen molar-refractivity contribution < 1.29 is 5.11 Å². The largest absolute Gasteiger partial charge is 0.390 e. The highest BCUT2D eigenvalue weighted by Crippen LogP contribution is 2.62. The predicted molar refractivity (Wildman–Crippen MR) is 93.6 cm³/mol. The molecule has 4 nitrogen and oxygen atoms in total. The Morgan fingerprint density at radius 2 is 2.00 bits per heavy atom. The van der Waals surface area contributed by atoms with Crippen LogP contribution in [-0.2, 0) is 19.4 Å². The normalized spacial score (nSPS) is 38.4. The van der Waals surface area contributed by atoms with Crippen LogP contribution in [0.15, 0.2) is 0 Å². The van der Waals surface area contributed by atoms with Gasteiger partial charge in [0.2, 0.25) is 0 Å². The fourth-order valence-corrected chi connectivity index (χ4v) is 6.44. The molecule has 0 spiro atoms. The van der Waals surface area contributed by atoms with E-state index in [0.29, 0.717) is 0 Å². The Balaban J connectivity index is 1.56. The lowest BCUT2D eigenvalue weighted by Gasteiger charge is -2.60. The lowest BCUT2D eigenvalue weighted by Crippen LogP contribution is -2.56. The molecule has 5 rings (SSSR count). The molecule has 128 valence electrons. The van der Waals surface area contributed by atoms with Gasteiger partial charge in [-0.2, -0.15) is 16.9 Å². The Kier molecular flexibility index (Phi) is 4.00. The maximum Gasteiger partial charge on any atom is 0.151 e.